The number of allylic oxidation sites excluding steroid dienone is 5. The van der Waals surface area contributed by atoms with Crippen LogP contribution < -0.4 is 0 Å². The monoisotopic (exact) mass is 502 g/mol. The van der Waals surface area contributed by atoms with Crippen LogP contribution in [-0.2, 0) is 19.1 Å². The average Bonchev–Trinajstić information content (AvgIpc) is 3.61. The van der Waals surface area contributed by atoms with Crippen LogP contribution in [0.15, 0.2) is 46.5 Å². The lowest BCUT2D eigenvalue weighted by molar-refractivity contribution is -0.135. The van der Waals surface area contributed by atoms with Gasteiger partial charge in [-0.1, -0.05) is 57.9 Å². The summed E-state index contributed by atoms with van der Waals surface area (Å²) < 4.78 is 12.2. The number of ether oxygens (including phenoxy) is 2. The minimum absolute atomic E-state index is 0.0157. The third-order valence-corrected chi connectivity index (χ3v) is 11.6. The zero-order chi connectivity index (χ0) is 25.2. The normalized spacial score (nSPS) is 38.5. The molecule has 37 heavy (non-hydrogen) atoms. The number of cyclic esters (lactones) is 2. The summed E-state index contributed by atoms with van der Waals surface area (Å²) in [7, 11) is 0. The summed E-state index contributed by atoms with van der Waals surface area (Å²) in [5.41, 5.74) is 2.58. The van der Waals surface area contributed by atoms with Crippen molar-refractivity contribution in [1.29, 1.82) is 0 Å². The fraction of sp³-hybridized carbons (Fsp3) is 0.697. The van der Waals surface area contributed by atoms with Gasteiger partial charge in [-0.05, 0) is 93.1 Å². The maximum absolute atomic E-state index is 13.6. The Hall–Kier alpha value is -2.10. The SMILES string of the molecule is CCC1(/C=C2\OC(=O)C3=C2CC[C@H]2[C@H]4C=C5C(=O)OC(=CCCC6CCCCC6)[C@@]5(CC4)[C@@H]32)CCCC1. The first kappa shape index (κ1) is 24.0. The Labute approximate surface area is 221 Å². The number of hydrogen-bond acceptors (Lipinski definition) is 4. The molecule has 1 spiro atoms. The van der Waals surface area contributed by atoms with Gasteiger partial charge in [-0.25, -0.2) is 9.59 Å². The van der Waals surface area contributed by atoms with Crippen LogP contribution in [0.3, 0.4) is 0 Å². The Morgan fingerprint density at radius 2 is 1.76 bits per heavy atom. The molecule has 198 valence electrons. The number of hydrogen-bond donors (Lipinski definition) is 0. The van der Waals surface area contributed by atoms with E-state index in [-0.39, 0.29) is 23.3 Å². The molecule has 4 fully saturated rings. The summed E-state index contributed by atoms with van der Waals surface area (Å²) in [4.78, 5) is 26.8. The Morgan fingerprint density at radius 3 is 2.54 bits per heavy atom. The van der Waals surface area contributed by atoms with Crippen LogP contribution in [0.25, 0.3) is 0 Å². The first-order chi connectivity index (χ1) is 18.0. The van der Waals surface area contributed by atoms with Crippen molar-refractivity contribution < 1.29 is 19.1 Å². The second-order valence-electron chi connectivity index (χ2n) is 13.2. The molecule has 0 radical (unpaired) electrons. The van der Waals surface area contributed by atoms with E-state index in [0.717, 1.165) is 72.7 Å². The number of rotatable bonds is 5. The fourth-order valence-corrected chi connectivity index (χ4v) is 9.57. The van der Waals surface area contributed by atoms with Crippen molar-refractivity contribution >= 4 is 11.9 Å². The van der Waals surface area contributed by atoms with E-state index >= 15 is 0 Å². The van der Waals surface area contributed by atoms with Crippen LogP contribution >= 0.6 is 0 Å². The van der Waals surface area contributed by atoms with Gasteiger partial charge in [-0.15, -0.1) is 0 Å². The van der Waals surface area contributed by atoms with E-state index in [0.29, 0.717) is 11.8 Å². The van der Waals surface area contributed by atoms with Crippen molar-refractivity contribution in [2.75, 3.05) is 0 Å². The smallest absolute Gasteiger partial charge is 0.340 e. The summed E-state index contributed by atoms with van der Waals surface area (Å²) in [5, 5.41) is 0. The molecular formula is C33H42O4. The lowest BCUT2D eigenvalue weighted by Gasteiger charge is -2.54. The molecule has 6 aliphatic carbocycles. The van der Waals surface area contributed by atoms with Crippen LogP contribution in [0.5, 0.6) is 0 Å². The lowest BCUT2D eigenvalue weighted by atomic mass is 9.47. The molecule has 0 unspecified atom stereocenters. The third kappa shape index (κ3) is 3.60. The zero-order valence-electron chi connectivity index (χ0n) is 22.5. The van der Waals surface area contributed by atoms with E-state index in [4.69, 9.17) is 9.47 Å². The fourth-order valence-electron chi connectivity index (χ4n) is 9.57. The highest BCUT2D eigenvalue weighted by Gasteiger charge is 2.66. The Kier molecular flexibility index (Phi) is 5.82. The summed E-state index contributed by atoms with van der Waals surface area (Å²) in [6, 6.07) is 0. The number of fused-ring (bicyclic) bond motifs is 1. The Balaban J connectivity index is 1.26. The van der Waals surface area contributed by atoms with Crippen molar-refractivity contribution in [3.63, 3.8) is 0 Å². The quantitative estimate of drug-likeness (QED) is 0.359. The van der Waals surface area contributed by atoms with Crippen LogP contribution in [0.1, 0.15) is 110 Å². The maximum atomic E-state index is 13.6. The molecule has 0 aromatic rings. The molecular weight excluding hydrogens is 460 g/mol. The molecule has 3 saturated carbocycles. The predicted octanol–water partition coefficient (Wildman–Crippen LogP) is 7.86. The van der Waals surface area contributed by atoms with Gasteiger partial charge in [-0.3, -0.25) is 0 Å². The summed E-state index contributed by atoms with van der Waals surface area (Å²) in [6.45, 7) is 2.27. The van der Waals surface area contributed by atoms with Gasteiger partial charge >= 0.3 is 11.9 Å². The molecule has 0 amide bonds. The highest BCUT2D eigenvalue weighted by Crippen LogP contribution is 2.68. The molecule has 8 aliphatic rings. The standard InChI is InChI=1S/C33H42O4/c1-2-32(16-6-7-17-32)20-26-24-14-13-23-22-15-18-33(29(23)28(24)31(35)36-26)25(19-22)30(34)37-27(33)12-8-11-21-9-4-3-5-10-21/h12,19-23,29H,2-11,13-18H2,1H3/b26-20-,27-12?/t22-,23+,29-,33+/m1/s1. The molecule has 0 N–H and O–H groups in total. The summed E-state index contributed by atoms with van der Waals surface area (Å²) in [5.74, 6) is 2.95. The largest absolute Gasteiger partial charge is 0.427 e. The van der Waals surface area contributed by atoms with Crippen molar-refractivity contribution in [2.24, 2.45) is 34.5 Å². The van der Waals surface area contributed by atoms with Gasteiger partial charge in [0.05, 0.1) is 5.41 Å². The third-order valence-electron chi connectivity index (χ3n) is 11.6. The van der Waals surface area contributed by atoms with Crippen LogP contribution in [0.2, 0.25) is 0 Å². The van der Waals surface area contributed by atoms with E-state index in [1.165, 1.54) is 64.2 Å². The van der Waals surface area contributed by atoms with Crippen molar-refractivity contribution in [3.8, 4) is 0 Å². The molecule has 1 saturated heterocycles. The molecule has 2 bridgehead atoms. The van der Waals surface area contributed by atoms with E-state index in [1.54, 1.807) is 0 Å². The molecule has 2 heterocycles. The minimum atomic E-state index is -0.464. The van der Waals surface area contributed by atoms with E-state index in [2.05, 4.69) is 25.2 Å². The molecule has 0 aromatic heterocycles. The topological polar surface area (TPSA) is 52.6 Å². The summed E-state index contributed by atoms with van der Waals surface area (Å²) in [6.07, 6.45) is 25.7. The molecule has 8 rings (SSSR count). The van der Waals surface area contributed by atoms with Crippen LogP contribution in [-0.4, -0.2) is 11.9 Å². The zero-order valence-corrected chi connectivity index (χ0v) is 22.5. The van der Waals surface area contributed by atoms with Gasteiger partial charge in [0.1, 0.15) is 11.5 Å². The predicted molar refractivity (Wildman–Crippen MR) is 142 cm³/mol. The van der Waals surface area contributed by atoms with Crippen LogP contribution in [0, 0.1) is 34.5 Å². The Bertz CT molecular complexity index is 1120. The van der Waals surface area contributed by atoms with E-state index in [9.17, 15) is 9.59 Å². The molecule has 0 aromatic carbocycles. The maximum Gasteiger partial charge on any atom is 0.340 e. The molecule has 4 heteroatoms. The van der Waals surface area contributed by atoms with Gasteiger partial charge < -0.3 is 9.47 Å². The Morgan fingerprint density at radius 1 is 0.946 bits per heavy atom. The molecule has 4 atom stereocenters. The molecule has 4 nitrogen and oxygen atoms in total. The van der Waals surface area contributed by atoms with E-state index < -0.39 is 5.41 Å². The van der Waals surface area contributed by atoms with Crippen molar-refractivity contribution in [2.45, 2.75) is 110 Å². The molecule has 2 aliphatic heterocycles. The van der Waals surface area contributed by atoms with Gasteiger partial charge in [0.2, 0.25) is 0 Å². The van der Waals surface area contributed by atoms with E-state index in [1.807, 2.05) is 0 Å². The second-order valence-corrected chi connectivity index (χ2v) is 13.2. The van der Waals surface area contributed by atoms with Gasteiger partial charge in [-0.2, -0.15) is 0 Å². The highest BCUT2D eigenvalue weighted by molar-refractivity contribution is 5.99. The number of carbonyl (C=O) groups excluding carboxylic acids is 2. The second kappa shape index (κ2) is 8.99. The summed E-state index contributed by atoms with van der Waals surface area (Å²) >= 11 is 0. The van der Waals surface area contributed by atoms with Crippen molar-refractivity contribution in [3.05, 3.63) is 46.5 Å². The van der Waals surface area contributed by atoms with Gasteiger partial charge in [0, 0.05) is 22.6 Å². The average molecular weight is 503 g/mol. The van der Waals surface area contributed by atoms with Crippen molar-refractivity contribution in [1.82, 2.24) is 0 Å². The first-order valence-corrected chi connectivity index (χ1v) is 15.4. The van der Waals surface area contributed by atoms with Gasteiger partial charge in [0.25, 0.3) is 0 Å². The first-order valence-electron chi connectivity index (χ1n) is 15.4. The van der Waals surface area contributed by atoms with Gasteiger partial charge in [0.15, 0.2) is 0 Å². The minimum Gasteiger partial charge on any atom is -0.427 e. The highest BCUT2D eigenvalue weighted by atomic mass is 16.5. The number of esters is 2. The van der Waals surface area contributed by atoms with Crippen LogP contribution in [0.4, 0.5) is 0 Å². The lowest BCUT2D eigenvalue weighted by Crippen LogP contribution is -2.50. The number of carbonyl (C=O) groups is 2.